The van der Waals surface area contributed by atoms with Crippen LogP contribution in [0.1, 0.15) is 29.6 Å². The maximum atomic E-state index is 12.4. The number of carbonyl (C=O) groups excluding carboxylic acids is 1. The molecule has 0 saturated carbocycles. The zero-order chi connectivity index (χ0) is 17.6. The molecule has 25 heavy (non-hydrogen) atoms. The highest BCUT2D eigenvalue weighted by Gasteiger charge is 2.16. The van der Waals surface area contributed by atoms with Gasteiger partial charge in [-0.05, 0) is 37.5 Å². The van der Waals surface area contributed by atoms with Crippen molar-refractivity contribution in [3.05, 3.63) is 23.8 Å². The second-order valence-electron chi connectivity index (χ2n) is 6.32. The molecule has 3 rings (SSSR count). The van der Waals surface area contributed by atoms with Crippen molar-refractivity contribution in [3.8, 4) is 0 Å². The van der Waals surface area contributed by atoms with Gasteiger partial charge in [0.2, 0.25) is 5.95 Å². The Hall–Kier alpha value is -2.12. The first-order valence-electron chi connectivity index (χ1n) is 8.78. The van der Waals surface area contributed by atoms with Crippen molar-refractivity contribution < 1.29 is 14.3 Å². The van der Waals surface area contributed by atoms with Crippen LogP contribution in [0.3, 0.4) is 0 Å². The Morgan fingerprint density at radius 1 is 1.44 bits per heavy atom. The standard InChI is InChI=1S/C18H26N4O3/c1-22-16-7-6-13(11-15(16)21-18(22)19-8-10-24-2)17(23)20-12-14-5-3-4-9-25-14/h6-7,11,14H,3-5,8-10,12H2,1-2H3,(H,19,21)(H,20,23)/t14-/m1/s1. The number of imidazole rings is 1. The molecule has 2 aromatic rings. The number of rotatable bonds is 7. The summed E-state index contributed by atoms with van der Waals surface area (Å²) in [6.07, 6.45) is 3.42. The van der Waals surface area contributed by atoms with Crippen LogP contribution in [0.4, 0.5) is 5.95 Å². The molecular formula is C18H26N4O3. The molecule has 1 aromatic carbocycles. The molecule has 1 atom stereocenters. The molecule has 1 aromatic heterocycles. The Labute approximate surface area is 147 Å². The number of carbonyl (C=O) groups is 1. The molecule has 1 saturated heterocycles. The van der Waals surface area contributed by atoms with Crippen LogP contribution >= 0.6 is 0 Å². The number of nitrogens with one attached hydrogen (secondary N) is 2. The normalized spacial score (nSPS) is 17.6. The minimum atomic E-state index is -0.0874. The summed E-state index contributed by atoms with van der Waals surface area (Å²) in [6, 6.07) is 5.59. The Balaban J connectivity index is 1.66. The van der Waals surface area contributed by atoms with Crippen LogP contribution in [0.5, 0.6) is 0 Å². The van der Waals surface area contributed by atoms with Crippen LogP contribution in [0.2, 0.25) is 0 Å². The molecule has 2 N–H and O–H groups in total. The SMILES string of the molecule is COCCNc1nc2cc(C(=O)NC[C@H]3CCCCO3)ccc2n1C. The molecule has 0 unspecified atom stereocenters. The first-order valence-corrected chi connectivity index (χ1v) is 8.78. The Morgan fingerprint density at radius 3 is 3.08 bits per heavy atom. The van der Waals surface area contributed by atoms with E-state index in [0.29, 0.717) is 25.3 Å². The number of fused-ring (bicyclic) bond motifs is 1. The zero-order valence-corrected chi connectivity index (χ0v) is 14.9. The lowest BCUT2D eigenvalue weighted by atomic mass is 10.1. The van der Waals surface area contributed by atoms with Gasteiger partial charge in [0.05, 0.1) is 23.7 Å². The number of ether oxygens (including phenoxy) is 2. The fourth-order valence-electron chi connectivity index (χ4n) is 3.04. The number of hydrogen-bond donors (Lipinski definition) is 2. The van der Waals surface area contributed by atoms with Crippen molar-refractivity contribution in [2.75, 3.05) is 38.7 Å². The van der Waals surface area contributed by atoms with Crippen LogP contribution in [0.15, 0.2) is 18.2 Å². The van der Waals surface area contributed by atoms with Crippen molar-refractivity contribution in [1.82, 2.24) is 14.9 Å². The molecule has 0 radical (unpaired) electrons. The van der Waals surface area contributed by atoms with E-state index in [1.54, 1.807) is 7.11 Å². The van der Waals surface area contributed by atoms with Crippen molar-refractivity contribution in [2.24, 2.45) is 7.05 Å². The predicted molar refractivity (Wildman–Crippen MR) is 97.0 cm³/mol. The Bertz CT molecular complexity index is 722. The van der Waals surface area contributed by atoms with Gasteiger partial charge in [-0.2, -0.15) is 0 Å². The van der Waals surface area contributed by atoms with Crippen molar-refractivity contribution >= 4 is 22.9 Å². The maximum absolute atomic E-state index is 12.4. The number of amides is 1. The molecule has 1 aliphatic rings. The quantitative estimate of drug-likeness (QED) is 0.749. The van der Waals surface area contributed by atoms with E-state index in [2.05, 4.69) is 15.6 Å². The fourth-order valence-corrected chi connectivity index (χ4v) is 3.04. The van der Waals surface area contributed by atoms with Gasteiger partial charge in [-0.15, -0.1) is 0 Å². The first kappa shape index (κ1) is 17.7. The predicted octanol–water partition coefficient (Wildman–Crippen LogP) is 1.93. The molecular weight excluding hydrogens is 320 g/mol. The smallest absolute Gasteiger partial charge is 0.251 e. The molecule has 0 spiro atoms. The van der Waals surface area contributed by atoms with Crippen LogP contribution in [-0.2, 0) is 16.5 Å². The summed E-state index contributed by atoms with van der Waals surface area (Å²) in [6.45, 7) is 2.64. The minimum absolute atomic E-state index is 0.0874. The van der Waals surface area contributed by atoms with Gasteiger partial charge in [0, 0.05) is 39.4 Å². The van der Waals surface area contributed by atoms with Crippen LogP contribution in [0.25, 0.3) is 11.0 Å². The summed E-state index contributed by atoms with van der Waals surface area (Å²) in [5, 5.41) is 6.20. The average Bonchev–Trinajstić information content (AvgIpc) is 2.96. The topological polar surface area (TPSA) is 77.4 Å². The van der Waals surface area contributed by atoms with E-state index in [9.17, 15) is 4.79 Å². The molecule has 136 valence electrons. The number of aromatic nitrogens is 2. The third-order valence-electron chi connectivity index (χ3n) is 4.50. The second kappa shape index (κ2) is 8.31. The monoisotopic (exact) mass is 346 g/mol. The van der Waals surface area contributed by atoms with Crippen molar-refractivity contribution in [1.29, 1.82) is 0 Å². The Kier molecular flexibility index (Phi) is 5.88. The van der Waals surface area contributed by atoms with E-state index in [1.165, 1.54) is 6.42 Å². The summed E-state index contributed by atoms with van der Waals surface area (Å²) in [4.78, 5) is 17.0. The summed E-state index contributed by atoms with van der Waals surface area (Å²) in [5.74, 6) is 0.677. The highest BCUT2D eigenvalue weighted by atomic mass is 16.5. The lowest BCUT2D eigenvalue weighted by molar-refractivity contribution is 0.0169. The molecule has 7 heteroatoms. The first-order chi connectivity index (χ1) is 12.2. The molecule has 2 heterocycles. The summed E-state index contributed by atoms with van der Waals surface area (Å²) >= 11 is 0. The van der Waals surface area contributed by atoms with Crippen LogP contribution in [-0.4, -0.2) is 55.0 Å². The van der Waals surface area contributed by atoms with Gasteiger partial charge in [-0.3, -0.25) is 4.79 Å². The lowest BCUT2D eigenvalue weighted by Gasteiger charge is -2.22. The van der Waals surface area contributed by atoms with E-state index >= 15 is 0 Å². The van der Waals surface area contributed by atoms with E-state index in [0.717, 1.165) is 36.4 Å². The van der Waals surface area contributed by atoms with Gasteiger partial charge in [0.15, 0.2) is 0 Å². The van der Waals surface area contributed by atoms with Gasteiger partial charge in [0.1, 0.15) is 0 Å². The number of benzene rings is 1. The summed E-state index contributed by atoms with van der Waals surface area (Å²) in [5.41, 5.74) is 2.39. The minimum Gasteiger partial charge on any atom is -0.383 e. The van der Waals surface area contributed by atoms with Gasteiger partial charge < -0.3 is 24.7 Å². The highest BCUT2D eigenvalue weighted by Crippen LogP contribution is 2.20. The van der Waals surface area contributed by atoms with Gasteiger partial charge in [-0.1, -0.05) is 0 Å². The van der Waals surface area contributed by atoms with Gasteiger partial charge >= 0.3 is 0 Å². The number of nitrogens with zero attached hydrogens (tertiary/aromatic N) is 2. The number of hydrogen-bond acceptors (Lipinski definition) is 5. The lowest BCUT2D eigenvalue weighted by Crippen LogP contribution is -2.35. The molecule has 0 bridgehead atoms. The number of aryl methyl sites for hydroxylation is 1. The summed E-state index contributed by atoms with van der Waals surface area (Å²) in [7, 11) is 3.62. The molecule has 1 aliphatic heterocycles. The van der Waals surface area contributed by atoms with E-state index in [-0.39, 0.29) is 12.0 Å². The van der Waals surface area contributed by atoms with Crippen LogP contribution < -0.4 is 10.6 Å². The van der Waals surface area contributed by atoms with E-state index in [4.69, 9.17) is 9.47 Å². The molecule has 7 nitrogen and oxygen atoms in total. The van der Waals surface area contributed by atoms with Crippen LogP contribution in [0, 0.1) is 0 Å². The van der Waals surface area contributed by atoms with Gasteiger partial charge in [-0.25, -0.2) is 4.98 Å². The highest BCUT2D eigenvalue weighted by molar-refractivity contribution is 5.97. The maximum Gasteiger partial charge on any atom is 0.251 e. The fraction of sp³-hybridized carbons (Fsp3) is 0.556. The molecule has 1 fully saturated rings. The third-order valence-corrected chi connectivity index (χ3v) is 4.50. The molecule has 0 aliphatic carbocycles. The number of anilines is 1. The largest absolute Gasteiger partial charge is 0.383 e. The second-order valence-corrected chi connectivity index (χ2v) is 6.32. The zero-order valence-electron chi connectivity index (χ0n) is 14.9. The number of methoxy groups -OCH3 is 1. The molecule has 1 amide bonds. The van der Waals surface area contributed by atoms with E-state index < -0.39 is 0 Å². The van der Waals surface area contributed by atoms with Crippen molar-refractivity contribution in [2.45, 2.75) is 25.4 Å². The van der Waals surface area contributed by atoms with E-state index in [1.807, 2.05) is 29.8 Å². The van der Waals surface area contributed by atoms with Gasteiger partial charge in [0.25, 0.3) is 5.91 Å². The third kappa shape index (κ3) is 4.29. The average molecular weight is 346 g/mol. The Morgan fingerprint density at radius 2 is 2.32 bits per heavy atom. The summed E-state index contributed by atoms with van der Waals surface area (Å²) < 4.78 is 12.7. The van der Waals surface area contributed by atoms with Crippen molar-refractivity contribution in [3.63, 3.8) is 0 Å².